The van der Waals surface area contributed by atoms with E-state index in [4.69, 9.17) is 14.2 Å². The first kappa shape index (κ1) is 22.0. The van der Waals surface area contributed by atoms with Crippen molar-refractivity contribution in [3.05, 3.63) is 54.1 Å². The molecule has 0 amide bonds. The number of halogens is 1. The van der Waals surface area contributed by atoms with Crippen molar-refractivity contribution in [2.24, 2.45) is 4.99 Å². The van der Waals surface area contributed by atoms with E-state index in [-0.39, 0.29) is 30.1 Å². The molecule has 0 aliphatic rings. The van der Waals surface area contributed by atoms with Gasteiger partial charge in [0.15, 0.2) is 17.5 Å². The predicted octanol–water partition coefficient (Wildman–Crippen LogP) is 3.70. The molecule has 2 N–H and O–H groups in total. The Kier molecular flexibility index (Phi) is 9.82. The van der Waals surface area contributed by atoms with Crippen LogP contribution in [0.15, 0.2) is 53.5 Å². The number of benzene rings is 2. The van der Waals surface area contributed by atoms with Gasteiger partial charge in [-0.05, 0) is 17.7 Å². The number of nitrogens with one attached hydrogen (secondary N) is 2. The van der Waals surface area contributed by atoms with Crippen LogP contribution in [0.1, 0.15) is 11.7 Å². The second-order valence-corrected chi connectivity index (χ2v) is 5.28. The molecule has 0 aliphatic carbocycles. The van der Waals surface area contributed by atoms with E-state index in [0.717, 1.165) is 11.3 Å². The molecule has 2 aromatic rings. The quantitative estimate of drug-likeness (QED) is 0.367. The van der Waals surface area contributed by atoms with Gasteiger partial charge in [0.05, 0.1) is 20.3 Å². The minimum Gasteiger partial charge on any atom is -0.493 e. The van der Waals surface area contributed by atoms with E-state index in [2.05, 4.69) is 15.6 Å². The third-order valence-corrected chi connectivity index (χ3v) is 3.78. The predicted molar refractivity (Wildman–Crippen MR) is 116 cm³/mol. The van der Waals surface area contributed by atoms with E-state index in [1.807, 2.05) is 48.5 Å². The molecular formula is C19H26IN3O3. The maximum absolute atomic E-state index is 5.57. The number of methoxy groups -OCH3 is 3. The van der Waals surface area contributed by atoms with E-state index < -0.39 is 0 Å². The number of hydrogen-bond acceptors (Lipinski definition) is 4. The van der Waals surface area contributed by atoms with Crippen molar-refractivity contribution in [1.29, 1.82) is 0 Å². The Morgan fingerprint density at radius 2 is 1.69 bits per heavy atom. The fourth-order valence-corrected chi connectivity index (χ4v) is 2.42. The average molecular weight is 471 g/mol. The lowest BCUT2D eigenvalue weighted by Gasteiger charge is -2.19. The number of rotatable bonds is 7. The lowest BCUT2D eigenvalue weighted by Crippen LogP contribution is -2.34. The Labute approximate surface area is 172 Å². The van der Waals surface area contributed by atoms with E-state index in [1.165, 1.54) is 0 Å². The summed E-state index contributed by atoms with van der Waals surface area (Å²) >= 11 is 0. The molecule has 0 heterocycles. The molecule has 1 unspecified atom stereocenters. The molecule has 6 nitrogen and oxygen atoms in total. The summed E-state index contributed by atoms with van der Waals surface area (Å²) in [5.74, 6) is 1.98. The van der Waals surface area contributed by atoms with Crippen molar-refractivity contribution in [2.45, 2.75) is 6.10 Å². The molecule has 2 aromatic carbocycles. The minimum absolute atomic E-state index is 0. The SMILES string of the molecule is CN=C(NCC(OC)c1ccccc1)Nc1ccc(OC)c(OC)c1.I. The van der Waals surface area contributed by atoms with Gasteiger partial charge in [-0.25, -0.2) is 0 Å². The van der Waals surface area contributed by atoms with E-state index in [9.17, 15) is 0 Å². The number of ether oxygens (including phenoxy) is 3. The molecule has 26 heavy (non-hydrogen) atoms. The molecule has 142 valence electrons. The first-order valence-electron chi connectivity index (χ1n) is 7.99. The highest BCUT2D eigenvalue weighted by molar-refractivity contribution is 14.0. The molecule has 0 saturated heterocycles. The van der Waals surface area contributed by atoms with Crippen LogP contribution in [-0.4, -0.2) is 40.9 Å². The zero-order chi connectivity index (χ0) is 18.1. The van der Waals surface area contributed by atoms with Crippen LogP contribution in [0.3, 0.4) is 0 Å². The number of anilines is 1. The summed E-state index contributed by atoms with van der Waals surface area (Å²) < 4.78 is 16.1. The van der Waals surface area contributed by atoms with Gasteiger partial charge < -0.3 is 24.8 Å². The molecule has 0 aromatic heterocycles. The van der Waals surface area contributed by atoms with Crippen molar-refractivity contribution in [1.82, 2.24) is 5.32 Å². The molecular weight excluding hydrogens is 445 g/mol. The molecule has 0 fully saturated rings. The summed E-state index contributed by atoms with van der Waals surface area (Å²) in [6.45, 7) is 0.591. The summed E-state index contributed by atoms with van der Waals surface area (Å²) in [6, 6.07) is 15.7. The third kappa shape index (κ3) is 6.06. The van der Waals surface area contributed by atoms with Crippen molar-refractivity contribution in [3.63, 3.8) is 0 Å². The maximum atomic E-state index is 5.57. The van der Waals surface area contributed by atoms with Gasteiger partial charge in [-0.3, -0.25) is 4.99 Å². The van der Waals surface area contributed by atoms with Gasteiger partial charge in [0.25, 0.3) is 0 Å². The van der Waals surface area contributed by atoms with Gasteiger partial charge in [-0.15, -0.1) is 24.0 Å². The number of nitrogens with zero attached hydrogens (tertiary/aromatic N) is 1. The first-order valence-corrected chi connectivity index (χ1v) is 7.99. The van der Waals surface area contributed by atoms with Crippen LogP contribution >= 0.6 is 24.0 Å². The highest BCUT2D eigenvalue weighted by atomic mass is 127. The van der Waals surface area contributed by atoms with Crippen LogP contribution in [0.25, 0.3) is 0 Å². The van der Waals surface area contributed by atoms with Crippen molar-refractivity contribution in [3.8, 4) is 11.5 Å². The molecule has 0 radical (unpaired) electrons. The Hall–Kier alpha value is -2.00. The monoisotopic (exact) mass is 471 g/mol. The summed E-state index contributed by atoms with van der Waals surface area (Å²) in [5.41, 5.74) is 1.96. The Bertz CT molecular complexity index is 696. The third-order valence-electron chi connectivity index (χ3n) is 3.78. The summed E-state index contributed by atoms with van der Waals surface area (Å²) in [5, 5.41) is 6.51. The standard InChI is InChI=1S/C19H25N3O3.HI/c1-20-19(21-13-18(25-4)14-8-6-5-7-9-14)22-15-10-11-16(23-2)17(12-15)24-3;/h5-12,18H,13H2,1-4H3,(H2,20,21,22);1H. The topological polar surface area (TPSA) is 64.1 Å². The minimum atomic E-state index is -0.0647. The van der Waals surface area contributed by atoms with Crippen LogP contribution in [0, 0.1) is 0 Å². The van der Waals surface area contributed by atoms with Gasteiger partial charge in [0, 0.05) is 32.5 Å². The van der Waals surface area contributed by atoms with Crippen LogP contribution < -0.4 is 20.1 Å². The van der Waals surface area contributed by atoms with Crippen LogP contribution in [0.4, 0.5) is 5.69 Å². The van der Waals surface area contributed by atoms with E-state index in [0.29, 0.717) is 24.0 Å². The zero-order valence-electron chi connectivity index (χ0n) is 15.5. The Morgan fingerprint density at radius 1 is 1.00 bits per heavy atom. The lowest BCUT2D eigenvalue weighted by molar-refractivity contribution is 0.106. The average Bonchev–Trinajstić information content (AvgIpc) is 2.68. The van der Waals surface area contributed by atoms with Crippen molar-refractivity contribution in [2.75, 3.05) is 40.2 Å². The summed E-state index contributed by atoms with van der Waals surface area (Å²) in [6.07, 6.45) is -0.0647. The molecule has 0 saturated carbocycles. The van der Waals surface area contributed by atoms with Gasteiger partial charge in [0.1, 0.15) is 0 Å². The first-order chi connectivity index (χ1) is 12.2. The van der Waals surface area contributed by atoms with E-state index in [1.54, 1.807) is 28.4 Å². The highest BCUT2D eigenvalue weighted by Crippen LogP contribution is 2.29. The zero-order valence-corrected chi connectivity index (χ0v) is 17.8. The molecule has 2 rings (SSSR count). The van der Waals surface area contributed by atoms with Gasteiger partial charge >= 0.3 is 0 Å². The molecule has 0 aliphatic heterocycles. The number of guanidine groups is 1. The Morgan fingerprint density at radius 3 is 2.27 bits per heavy atom. The number of aliphatic imine (C=N–C) groups is 1. The van der Waals surface area contributed by atoms with E-state index >= 15 is 0 Å². The normalized spacial score (nSPS) is 11.9. The van der Waals surface area contributed by atoms with Gasteiger partial charge in [-0.2, -0.15) is 0 Å². The fourth-order valence-electron chi connectivity index (χ4n) is 2.42. The Balaban J connectivity index is 0.00000338. The van der Waals surface area contributed by atoms with Crippen molar-refractivity contribution >= 4 is 35.6 Å². The largest absolute Gasteiger partial charge is 0.493 e. The number of hydrogen-bond donors (Lipinski definition) is 2. The lowest BCUT2D eigenvalue weighted by atomic mass is 10.1. The maximum Gasteiger partial charge on any atom is 0.195 e. The molecule has 7 heteroatoms. The molecule has 1 atom stereocenters. The molecule has 0 bridgehead atoms. The fraction of sp³-hybridized carbons (Fsp3) is 0.316. The van der Waals surface area contributed by atoms with Crippen LogP contribution in [0.2, 0.25) is 0 Å². The second kappa shape index (κ2) is 11.6. The second-order valence-electron chi connectivity index (χ2n) is 5.28. The van der Waals surface area contributed by atoms with Gasteiger partial charge in [0.2, 0.25) is 0 Å². The summed E-state index contributed by atoms with van der Waals surface area (Å²) in [4.78, 5) is 4.25. The highest BCUT2D eigenvalue weighted by Gasteiger charge is 2.11. The smallest absolute Gasteiger partial charge is 0.195 e. The van der Waals surface area contributed by atoms with Crippen molar-refractivity contribution < 1.29 is 14.2 Å². The van der Waals surface area contributed by atoms with Gasteiger partial charge in [-0.1, -0.05) is 30.3 Å². The van der Waals surface area contributed by atoms with Crippen LogP contribution in [-0.2, 0) is 4.74 Å². The molecule has 0 spiro atoms. The summed E-state index contributed by atoms with van der Waals surface area (Å²) in [7, 11) is 6.64. The van der Waals surface area contributed by atoms with Crippen LogP contribution in [0.5, 0.6) is 11.5 Å².